The van der Waals surface area contributed by atoms with E-state index in [4.69, 9.17) is 0 Å². The van der Waals surface area contributed by atoms with Gasteiger partial charge >= 0.3 is 0 Å². The van der Waals surface area contributed by atoms with Crippen molar-refractivity contribution in [3.05, 3.63) is 72.3 Å². The largest absolute Gasteiger partial charge is 0.508 e. The van der Waals surface area contributed by atoms with Crippen molar-refractivity contribution in [3.8, 4) is 0 Å². The van der Waals surface area contributed by atoms with Crippen LogP contribution in [0.4, 0.5) is 4.39 Å². The van der Waals surface area contributed by atoms with E-state index in [2.05, 4.69) is 20.1 Å². The lowest BCUT2D eigenvalue weighted by atomic mass is 9.86. The summed E-state index contributed by atoms with van der Waals surface area (Å²) in [7, 11) is 0. The van der Waals surface area contributed by atoms with Gasteiger partial charge in [-0.25, -0.2) is 4.39 Å². The zero-order valence-electron chi connectivity index (χ0n) is 10.7. The molecule has 0 fully saturated rings. The Balaban J connectivity index is 3.20. The zero-order chi connectivity index (χ0) is 13.5. The van der Waals surface area contributed by atoms with Crippen LogP contribution in [0.1, 0.15) is 31.2 Å². The maximum atomic E-state index is 12.9. The highest BCUT2D eigenvalue weighted by Gasteiger charge is 2.16. The third-order valence-electron chi connectivity index (χ3n) is 2.93. The number of allylic oxidation sites excluding steroid dienone is 3. The molecule has 0 saturated heterocycles. The summed E-state index contributed by atoms with van der Waals surface area (Å²) in [5.74, 6) is -0.107. The molecule has 1 aromatic rings. The van der Waals surface area contributed by atoms with Gasteiger partial charge in [0.15, 0.2) is 0 Å². The fourth-order valence-corrected chi connectivity index (χ4v) is 2.03. The molecule has 1 N–H and O–H groups in total. The highest BCUT2D eigenvalue weighted by Crippen LogP contribution is 2.31. The summed E-state index contributed by atoms with van der Waals surface area (Å²) in [5.41, 5.74) is 1.71. The van der Waals surface area contributed by atoms with Gasteiger partial charge in [0.1, 0.15) is 11.6 Å². The Morgan fingerprint density at radius 2 is 1.89 bits per heavy atom. The molecule has 96 valence electrons. The van der Waals surface area contributed by atoms with E-state index < -0.39 is 0 Å². The van der Waals surface area contributed by atoms with Crippen LogP contribution in [0.2, 0.25) is 0 Å². The van der Waals surface area contributed by atoms with Crippen molar-refractivity contribution in [3.63, 3.8) is 0 Å². The molecular weight excluding hydrogens is 227 g/mol. The van der Waals surface area contributed by atoms with E-state index in [-0.39, 0.29) is 17.5 Å². The third-order valence-corrected chi connectivity index (χ3v) is 2.93. The molecule has 1 rings (SSSR count). The van der Waals surface area contributed by atoms with Crippen LogP contribution in [0.25, 0.3) is 0 Å². The Morgan fingerprint density at radius 1 is 1.28 bits per heavy atom. The lowest BCUT2D eigenvalue weighted by Crippen LogP contribution is -2.03. The highest BCUT2D eigenvalue weighted by molar-refractivity contribution is 5.38. The average molecular weight is 246 g/mol. The second kappa shape index (κ2) is 6.80. The van der Waals surface area contributed by atoms with E-state index in [0.717, 1.165) is 24.0 Å². The number of rotatable bonds is 6. The predicted molar refractivity (Wildman–Crippen MR) is 74.1 cm³/mol. The molecule has 0 aromatic heterocycles. The van der Waals surface area contributed by atoms with Crippen molar-refractivity contribution in [2.24, 2.45) is 0 Å². The molecule has 0 aliphatic rings. The van der Waals surface area contributed by atoms with E-state index in [9.17, 15) is 9.50 Å². The Morgan fingerprint density at radius 3 is 2.33 bits per heavy atom. The Kier molecular flexibility index (Phi) is 5.37. The molecule has 1 atom stereocenters. The molecule has 1 unspecified atom stereocenters. The van der Waals surface area contributed by atoms with Gasteiger partial charge in [0.05, 0.1) is 0 Å². The molecule has 0 bridgehead atoms. The van der Waals surface area contributed by atoms with E-state index in [0.29, 0.717) is 0 Å². The second-order valence-electron chi connectivity index (χ2n) is 4.14. The first-order valence-electron chi connectivity index (χ1n) is 6.07. The first-order chi connectivity index (χ1) is 8.63. The van der Waals surface area contributed by atoms with Crippen molar-refractivity contribution in [1.82, 2.24) is 0 Å². The molecule has 1 aromatic carbocycles. The molecule has 0 amide bonds. The van der Waals surface area contributed by atoms with E-state index in [1.807, 2.05) is 0 Å². The van der Waals surface area contributed by atoms with Gasteiger partial charge in [0.2, 0.25) is 0 Å². The van der Waals surface area contributed by atoms with Gasteiger partial charge in [0.25, 0.3) is 0 Å². The normalized spacial score (nSPS) is 13.7. The fraction of sp³-hybridized carbons (Fsp3) is 0.250. The Bertz CT molecular complexity index is 443. The maximum Gasteiger partial charge on any atom is 0.123 e. The minimum absolute atomic E-state index is 0.0195. The van der Waals surface area contributed by atoms with Gasteiger partial charge in [-0.1, -0.05) is 44.7 Å². The van der Waals surface area contributed by atoms with Crippen molar-refractivity contribution in [2.75, 3.05) is 0 Å². The predicted octanol–water partition coefficient (Wildman–Crippen LogP) is 4.89. The summed E-state index contributed by atoms with van der Waals surface area (Å²) in [5, 5.41) is 9.85. The molecule has 0 saturated carbocycles. The van der Waals surface area contributed by atoms with Crippen molar-refractivity contribution >= 4 is 0 Å². The number of aliphatic hydroxyl groups excluding tert-OH is 1. The molecule has 0 radical (unpaired) electrons. The molecule has 2 heteroatoms. The quantitative estimate of drug-likeness (QED) is 0.559. The SMILES string of the molecule is C=C/C(O)=C(\C=C)C(CCC)c1ccc(F)cc1. The summed E-state index contributed by atoms with van der Waals surface area (Å²) in [6.07, 6.45) is 4.87. The number of hydrogen-bond acceptors (Lipinski definition) is 1. The average Bonchev–Trinajstić information content (AvgIpc) is 2.39. The molecule has 0 heterocycles. The van der Waals surface area contributed by atoms with Gasteiger partial charge in [-0.2, -0.15) is 0 Å². The summed E-state index contributed by atoms with van der Waals surface area (Å²) in [6, 6.07) is 6.36. The lowest BCUT2D eigenvalue weighted by molar-refractivity contribution is 0.421. The standard InChI is InChI=1S/C16H19FO/c1-4-7-15(14(5-2)16(18)6-3)12-8-10-13(17)11-9-12/h5-6,8-11,15,18H,2-4,7H2,1H3/b16-14-. The summed E-state index contributed by atoms with van der Waals surface area (Å²) in [4.78, 5) is 0. The first-order valence-corrected chi connectivity index (χ1v) is 6.07. The highest BCUT2D eigenvalue weighted by atomic mass is 19.1. The number of halogens is 1. The topological polar surface area (TPSA) is 20.2 Å². The van der Waals surface area contributed by atoms with Gasteiger partial charge in [0, 0.05) is 11.5 Å². The van der Waals surface area contributed by atoms with Gasteiger partial charge in [-0.05, 0) is 30.2 Å². The number of benzene rings is 1. The Labute approximate surface area is 108 Å². The smallest absolute Gasteiger partial charge is 0.123 e. The van der Waals surface area contributed by atoms with Gasteiger partial charge in [-0.3, -0.25) is 0 Å². The Hall–Kier alpha value is -1.83. The maximum absolute atomic E-state index is 12.9. The van der Waals surface area contributed by atoms with Crippen molar-refractivity contribution in [1.29, 1.82) is 0 Å². The van der Waals surface area contributed by atoms with Crippen LogP contribution >= 0.6 is 0 Å². The monoisotopic (exact) mass is 246 g/mol. The van der Waals surface area contributed by atoms with Crippen LogP contribution in [-0.4, -0.2) is 5.11 Å². The first kappa shape index (κ1) is 14.2. The van der Waals surface area contributed by atoms with Crippen molar-refractivity contribution in [2.45, 2.75) is 25.7 Å². The second-order valence-corrected chi connectivity index (χ2v) is 4.14. The molecule has 0 spiro atoms. The van der Waals surface area contributed by atoms with Crippen LogP contribution in [0.15, 0.2) is 60.9 Å². The van der Waals surface area contributed by atoms with Crippen LogP contribution in [-0.2, 0) is 0 Å². The molecule has 0 aliphatic heterocycles. The van der Waals surface area contributed by atoms with E-state index >= 15 is 0 Å². The lowest BCUT2D eigenvalue weighted by Gasteiger charge is -2.19. The van der Waals surface area contributed by atoms with Gasteiger partial charge in [-0.15, -0.1) is 0 Å². The molecule has 18 heavy (non-hydrogen) atoms. The fourth-order valence-electron chi connectivity index (χ4n) is 2.03. The van der Waals surface area contributed by atoms with Gasteiger partial charge < -0.3 is 5.11 Å². The van der Waals surface area contributed by atoms with Crippen LogP contribution in [0.5, 0.6) is 0 Å². The molecule has 1 nitrogen and oxygen atoms in total. The van der Waals surface area contributed by atoms with Crippen LogP contribution in [0.3, 0.4) is 0 Å². The zero-order valence-corrected chi connectivity index (χ0v) is 10.7. The van der Waals surface area contributed by atoms with Crippen LogP contribution < -0.4 is 0 Å². The van der Waals surface area contributed by atoms with E-state index in [1.165, 1.54) is 18.2 Å². The summed E-state index contributed by atoms with van der Waals surface area (Å²) < 4.78 is 12.9. The van der Waals surface area contributed by atoms with Crippen molar-refractivity contribution < 1.29 is 9.50 Å². The van der Waals surface area contributed by atoms with Crippen LogP contribution in [0, 0.1) is 5.82 Å². The minimum atomic E-state index is -0.258. The number of hydrogen-bond donors (Lipinski definition) is 1. The summed E-state index contributed by atoms with van der Waals surface area (Å²) in [6.45, 7) is 9.37. The molecule has 0 aliphatic carbocycles. The van der Waals surface area contributed by atoms with E-state index in [1.54, 1.807) is 18.2 Å². The molecular formula is C16H19FO. The third kappa shape index (κ3) is 3.33. The number of aliphatic hydroxyl groups is 1. The summed E-state index contributed by atoms with van der Waals surface area (Å²) >= 11 is 0. The minimum Gasteiger partial charge on any atom is -0.508 e.